The van der Waals surface area contributed by atoms with Crippen LogP contribution in [0.25, 0.3) is 33.1 Å². The fourth-order valence-electron chi connectivity index (χ4n) is 3.55. The fourth-order valence-corrected chi connectivity index (χ4v) is 3.74. The molecule has 4 aromatic rings. The molecule has 0 amide bonds. The molecule has 0 aliphatic heterocycles. The lowest BCUT2D eigenvalue weighted by atomic mass is 9.97. The molecule has 168 valence electrons. The lowest BCUT2D eigenvalue weighted by molar-refractivity contribution is -2.00. The molecule has 4 rings (SSSR count). The second kappa shape index (κ2) is 10.9. The summed E-state index contributed by atoms with van der Waals surface area (Å²) in [7, 11) is -3.27. The van der Waals surface area contributed by atoms with E-state index in [0.29, 0.717) is 5.88 Å². The second-order valence-corrected chi connectivity index (χ2v) is 8.18. The number of unbranched alkanes of at least 4 members (excludes halogenated alkanes) is 1. The lowest BCUT2D eigenvalue weighted by Gasteiger charge is -2.17. The molecule has 0 spiro atoms. The summed E-state index contributed by atoms with van der Waals surface area (Å²) < 4.78 is 45.6. The van der Waals surface area contributed by atoms with E-state index in [4.69, 9.17) is 39.4 Å². The maximum Gasteiger partial charge on any atom is 0.361 e. The van der Waals surface area contributed by atoms with Gasteiger partial charge in [-0.25, -0.2) is 23.1 Å². The van der Waals surface area contributed by atoms with Crippen molar-refractivity contribution in [2.75, 3.05) is 13.0 Å². The highest BCUT2D eigenvalue weighted by molar-refractivity contribution is 6.17. The number of halogens is 2. The summed E-state index contributed by atoms with van der Waals surface area (Å²) in [5.74, 6) is 2.41. The van der Waals surface area contributed by atoms with Crippen molar-refractivity contribution in [1.82, 2.24) is 0 Å². The molecule has 0 atom stereocenters. The van der Waals surface area contributed by atoms with Gasteiger partial charge in [0, 0.05) is 18.0 Å². The van der Waals surface area contributed by atoms with E-state index in [1.54, 1.807) is 7.11 Å². The summed E-state index contributed by atoms with van der Waals surface area (Å²) >= 11 is 5.91. The minimum Gasteiger partial charge on any atom is -0.497 e. The highest BCUT2D eigenvalue weighted by Gasteiger charge is 2.20. The third-order valence-corrected chi connectivity index (χ3v) is 5.21. The molecule has 8 heteroatoms. The van der Waals surface area contributed by atoms with E-state index < -0.39 is 10.2 Å². The Balaban J connectivity index is 0.000000523. The molecule has 0 saturated carbocycles. The number of alkyl halides is 1. The molecule has 6 nitrogen and oxygen atoms in total. The normalized spacial score (nSPS) is 11.3. The minimum atomic E-state index is -4.94. The average molecular weight is 477 g/mol. The van der Waals surface area contributed by atoms with E-state index in [1.807, 2.05) is 24.3 Å². The Morgan fingerprint density at radius 2 is 1.59 bits per heavy atom. The molecule has 0 fully saturated rings. The van der Waals surface area contributed by atoms with Gasteiger partial charge in [0.05, 0.1) is 18.1 Å². The Bertz CT molecular complexity index is 1170. The average Bonchev–Trinajstić information content (AvgIpc) is 2.77. The zero-order valence-electron chi connectivity index (χ0n) is 17.4. The van der Waals surface area contributed by atoms with Gasteiger partial charge in [0.25, 0.3) is 0 Å². The summed E-state index contributed by atoms with van der Waals surface area (Å²) in [6.07, 6.45) is 3.06. The van der Waals surface area contributed by atoms with Crippen molar-refractivity contribution in [3.63, 3.8) is 0 Å². The third kappa shape index (κ3) is 6.53. The first-order valence-corrected chi connectivity index (χ1v) is 11.7. The zero-order chi connectivity index (χ0) is 23.1. The number of fused-ring (bicyclic) bond motifs is 3. The Kier molecular flexibility index (Phi) is 8.26. The van der Waals surface area contributed by atoms with Gasteiger partial charge >= 0.3 is 11.3 Å². The highest BCUT2D eigenvalue weighted by Crippen LogP contribution is 2.34. The second-order valence-electron chi connectivity index (χ2n) is 7.05. The molecule has 0 N–H and O–H groups in total. The first-order chi connectivity index (χ1) is 15.3. The van der Waals surface area contributed by atoms with Crippen LogP contribution >= 0.6 is 11.6 Å². The third-order valence-electron chi connectivity index (χ3n) is 4.94. The summed E-state index contributed by atoms with van der Waals surface area (Å²) in [5, 5.41) is 3.68. The molecular formula is C24H22Cl2O6. The first-order valence-electron chi connectivity index (χ1n) is 9.90. The highest BCUT2D eigenvalue weighted by atomic mass is 35.7. The monoisotopic (exact) mass is 476 g/mol. The predicted molar refractivity (Wildman–Crippen MR) is 114 cm³/mol. The molecule has 3 aromatic carbocycles. The Morgan fingerprint density at radius 1 is 0.906 bits per heavy atom. The van der Waals surface area contributed by atoms with Crippen LogP contribution in [0.2, 0.25) is 0 Å². The van der Waals surface area contributed by atoms with Crippen molar-refractivity contribution in [3.05, 3.63) is 72.3 Å². The van der Waals surface area contributed by atoms with E-state index in [9.17, 15) is 0 Å². The number of benzene rings is 3. The number of rotatable bonds is 6. The van der Waals surface area contributed by atoms with Crippen molar-refractivity contribution in [2.45, 2.75) is 19.3 Å². The maximum atomic E-state index is 8.49. The Labute approximate surface area is 193 Å². The van der Waals surface area contributed by atoms with Gasteiger partial charge in [0.2, 0.25) is 0 Å². The SMILES string of the molecule is COc1ccc(-c2cc(CCCCCl)c3c(ccc4ccccc43)[o+]2)cc1.[O-][Cl+3]([O-])([O-])[O-]. The van der Waals surface area contributed by atoms with Gasteiger partial charge in [-0.2, -0.15) is 0 Å². The van der Waals surface area contributed by atoms with E-state index in [-0.39, 0.29) is 0 Å². The summed E-state index contributed by atoms with van der Waals surface area (Å²) in [4.78, 5) is 0. The standard InChI is InChI=1S/C24H22ClO2.ClHO4/c1-26-20-12-9-18(10-13-20)23-16-19(7-4-5-15-25)24-21-8-3-2-6-17(21)11-14-22(24)27-23;2-1(3,4)5/h2-3,6,8-14,16H,4-5,7,15H2,1H3;(H,2,3,4,5)/q+1;/p-1. The van der Waals surface area contributed by atoms with Crippen molar-refractivity contribution >= 4 is 33.3 Å². The van der Waals surface area contributed by atoms with Crippen LogP contribution in [0.5, 0.6) is 5.75 Å². The summed E-state index contributed by atoms with van der Waals surface area (Å²) in [6.45, 7) is 0. The number of hydrogen-bond donors (Lipinski definition) is 0. The number of aryl methyl sites for hydroxylation is 1. The largest absolute Gasteiger partial charge is 0.497 e. The molecule has 0 aliphatic carbocycles. The zero-order valence-corrected chi connectivity index (χ0v) is 18.9. The molecule has 0 saturated heterocycles. The van der Waals surface area contributed by atoms with Gasteiger partial charge < -0.3 is 4.74 Å². The number of methoxy groups -OCH3 is 1. The van der Waals surface area contributed by atoms with Crippen molar-refractivity contribution < 1.29 is 38.0 Å². The van der Waals surface area contributed by atoms with Crippen LogP contribution in [0.4, 0.5) is 0 Å². The van der Waals surface area contributed by atoms with E-state index in [1.165, 1.54) is 21.7 Å². The van der Waals surface area contributed by atoms with Gasteiger partial charge in [0.1, 0.15) is 5.75 Å². The van der Waals surface area contributed by atoms with E-state index >= 15 is 0 Å². The number of hydrogen-bond acceptors (Lipinski definition) is 5. The minimum absolute atomic E-state index is 0.696. The van der Waals surface area contributed by atoms with E-state index in [0.717, 1.165) is 41.9 Å². The smallest absolute Gasteiger partial charge is 0.361 e. The summed E-state index contributed by atoms with van der Waals surface area (Å²) in [5.41, 5.74) is 3.27. The van der Waals surface area contributed by atoms with Crippen LogP contribution in [0.1, 0.15) is 18.4 Å². The van der Waals surface area contributed by atoms with Gasteiger partial charge in [0.15, 0.2) is 0 Å². The van der Waals surface area contributed by atoms with Gasteiger partial charge in [-0.1, -0.05) is 24.3 Å². The molecule has 32 heavy (non-hydrogen) atoms. The van der Waals surface area contributed by atoms with Crippen LogP contribution in [0.15, 0.2) is 71.1 Å². The molecule has 0 aliphatic rings. The summed E-state index contributed by atoms with van der Waals surface area (Å²) in [6, 6.07) is 22.9. The van der Waals surface area contributed by atoms with Gasteiger partial charge in [-0.05, 0) is 65.9 Å². The van der Waals surface area contributed by atoms with Crippen molar-refractivity contribution in [2.24, 2.45) is 0 Å². The van der Waals surface area contributed by atoms with Crippen molar-refractivity contribution in [1.29, 1.82) is 0 Å². The van der Waals surface area contributed by atoms with Crippen LogP contribution < -0.4 is 23.4 Å². The Hall–Kier alpha value is -2.45. The molecule has 1 aromatic heterocycles. The number of ether oxygens (including phenoxy) is 1. The van der Waals surface area contributed by atoms with Crippen LogP contribution in [0, 0.1) is 10.2 Å². The molecule has 1 heterocycles. The quantitative estimate of drug-likeness (QED) is 0.182. The van der Waals surface area contributed by atoms with Gasteiger partial charge in [-0.15, -0.1) is 21.8 Å². The van der Waals surface area contributed by atoms with E-state index in [2.05, 4.69) is 42.5 Å². The first kappa shape index (κ1) is 24.2. The Morgan fingerprint density at radius 3 is 2.25 bits per heavy atom. The van der Waals surface area contributed by atoms with Crippen LogP contribution in [0.3, 0.4) is 0 Å². The molecule has 0 unspecified atom stereocenters. The predicted octanol–water partition coefficient (Wildman–Crippen LogP) is 2.35. The van der Waals surface area contributed by atoms with Gasteiger partial charge in [-0.3, -0.25) is 0 Å². The maximum absolute atomic E-state index is 8.49. The van der Waals surface area contributed by atoms with Crippen LogP contribution in [-0.2, 0) is 6.42 Å². The van der Waals surface area contributed by atoms with Crippen molar-refractivity contribution in [3.8, 4) is 17.1 Å². The lowest BCUT2D eigenvalue weighted by Crippen LogP contribution is -2.68. The molecular weight excluding hydrogens is 455 g/mol. The van der Waals surface area contributed by atoms with Crippen LogP contribution in [-0.4, -0.2) is 13.0 Å². The molecule has 0 bridgehead atoms. The topological polar surface area (TPSA) is 113 Å². The molecule has 0 radical (unpaired) electrons. The fraction of sp³-hybridized carbons (Fsp3) is 0.208.